The van der Waals surface area contributed by atoms with Crippen molar-refractivity contribution in [2.75, 3.05) is 0 Å². The molecule has 0 spiro atoms. The topological polar surface area (TPSA) is 46.2 Å². The van der Waals surface area contributed by atoms with Crippen LogP contribution in [0.3, 0.4) is 0 Å². The first-order valence-electron chi connectivity index (χ1n) is 4.87. The molecule has 1 saturated heterocycles. The second kappa shape index (κ2) is 7.70. The maximum absolute atomic E-state index is 11.1. The first-order valence-corrected chi connectivity index (χ1v) is 5.69. The second-order valence-corrected chi connectivity index (χ2v) is 3.47. The lowest BCUT2D eigenvalue weighted by atomic mass is 10.2. The molecule has 0 aromatic carbocycles. The normalized spacial score (nSPS) is 17.6. The SMILES string of the molecule is C=C/C=C(C=C)/C=C1\SC(=O)NC1=O.CC. The average molecular weight is 237 g/mol. The van der Waals surface area contributed by atoms with Gasteiger partial charge in [0.25, 0.3) is 11.1 Å². The Morgan fingerprint density at radius 2 is 1.94 bits per heavy atom. The van der Waals surface area contributed by atoms with Gasteiger partial charge in [-0.3, -0.25) is 14.9 Å². The highest BCUT2D eigenvalue weighted by molar-refractivity contribution is 8.18. The molecular formula is C12H15NO2S. The third-order valence-corrected chi connectivity index (χ3v) is 2.30. The number of hydrogen-bond donors (Lipinski definition) is 1. The number of thioether (sulfide) groups is 1. The van der Waals surface area contributed by atoms with E-state index in [0.29, 0.717) is 4.91 Å². The van der Waals surface area contributed by atoms with Gasteiger partial charge in [0, 0.05) is 0 Å². The van der Waals surface area contributed by atoms with Crippen molar-refractivity contribution >= 4 is 22.9 Å². The van der Waals surface area contributed by atoms with Crippen molar-refractivity contribution in [3.63, 3.8) is 0 Å². The zero-order valence-corrected chi connectivity index (χ0v) is 10.3. The number of amides is 2. The number of nitrogens with one attached hydrogen (secondary N) is 1. The van der Waals surface area contributed by atoms with Gasteiger partial charge in [0.05, 0.1) is 4.91 Å². The lowest BCUT2D eigenvalue weighted by Gasteiger charge is -1.92. The quantitative estimate of drug-likeness (QED) is 0.605. The van der Waals surface area contributed by atoms with Gasteiger partial charge in [-0.05, 0) is 23.4 Å². The number of hydrogen-bond acceptors (Lipinski definition) is 3. The molecule has 1 N–H and O–H groups in total. The van der Waals surface area contributed by atoms with Crippen LogP contribution in [0.4, 0.5) is 4.79 Å². The molecule has 1 aliphatic rings. The van der Waals surface area contributed by atoms with Crippen LogP contribution in [0.1, 0.15) is 13.8 Å². The number of carbonyl (C=O) groups is 2. The van der Waals surface area contributed by atoms with Crippen LogP contribution in [0.5, 0.6) is 0 Å². The van der Waals surface area contributed by atoms with Crippen molar-refractivity contribution in [3.05, 3.63) is 47.9 Å². The molecule has 86 valence electrons. The largest absolute Gasteiger partial charge is 0.290 e. The number of allylic oxidation sites excluding steroid dienone is 5. The van der Waals surface area contributed by atoms with Gasteiger partial charge in [0.15, 0.2) is 0 Å². The van der Waals surface area contributed by atoms with Crippen LogP contribution in [0.2, 0.25) is 0 Å². The van der Waals surface area contributed by atoms with Gasteiger partial charge in [0.2, 0.25) is 0 Å². The van der Waals surface area contributed by atoms with Gasteiger partial charge in [-0.25, -0.2) is 0 Å². The fraction of sp³-hybridized carbons (Fsp3) is 0.167. The lowest BCUT2D eigenvalue weighted by molar-refractivity contribution is -0.115. The summed E-state index contributed by atoms with van der Waals surface area (Å²) >= 11 is 0.882. The third-order valence-electron chi connectivity index (χ3n) is 1.49. The minimum atomic E-state index is -0.364. The molecule has 0 unspecified atom stereocenters. The van der Waals surface area contributed by atoms with Gasteiger partial charge in [-0.2, -0.15) is 0 Å². The smallest absolute Gasteiger partial charge is 0.282 e. The minimum absolute atomic E-state index is 0.344. The van der Waals surface area contributed by atoms with E-state index in [2.05, 4.69) is 18.5 Å². The van der Waals surface area contributed by atoms with Gasteiger partial charge in [-0.1, -0.05) is 45.2 Å². The van der Waals surface area contributed by atoms with E-state index in [0.717, 1.165) is 17.3 Å². The number of imide groups is 1. The summed E-state index contributed by atoms with van der Waals surface area (Å²) in [6, 6.07) is 0. The van der Waals surface area contributed by atoms with Crippen molar-refractivity contribution < 1.29 is 9.59 Å². The Bertz CT molecular complexity index is 367. The molecule has 0 radical (unpaired) electrons. The zero-order chi connectivity index (χ0) is 12.6. The van der Waals surface area contributed by atoms with Crippen molar-refractivity contribution in [1.29, 1.82) is 0 Å². The Morgan fingerprint density at radius 3 is 2.31 bits per heavy atom. The highest BCUT2D eigenvalue weighted by Gasteiger charge is 2.24. The molecule has 0 atom stereocenters. The third kappa shape index (κ3) is 4.31. The van der Waals surface area contributed by atoms with Gasteiger partial charge >= 0.3 is 0 Å². The Kier molecular flexibility index (Phi) is 6.96. The Hall–Kier alpha value is -1.55. The fourth-order valence-electron chi connectivity index (χ4n) is 0.884. The van der Waals surface area contributed by atoms with Crippen LogP contribution in [-0.4, -0.2) is 11.1 Å². The van der Waals surface area contributed by atoms with Crippen molar-refractivity contribution in [3.8, 4) is 0 Å². The van der Waals surface area contributed by atoms with Crippen molar-refractivity contribution in [1.82, 2.24) is 5.32 Å². The fourth-order valence-corrected chi connectivity index (χ4v) is 1.57. The number of rotatable bonds is 3. The van der Waals surface area contributed by atoms with Gasteiger partial charge < -0.3 is 0 Å². The van der Waals surface area contributed by atoms with E-state index in [4.69, 9.17) is 0 Å². The first-order chi connectivity index (χ1) is 7.67. The molecule has 0 aliphatic carbocycles. The van der Waals surface area contributed by atoms with E-state index in [1.807, 2.05) is 13.8 Å². The average Bonchev–Trinajstić information content (AvgIpc) is 2.59. The summed E-state index contributed by atoms with van der Waals surface area (Å²) in [5.74, 6) is -0.364. The van der Waals surface area contributed by atoms with E-state index in [-0.39, 0.29) is 11.1 Å². The standard InChI is InChI=1S/C10H9NO2S.C2H6/c1-3-5-7(4-2)6-8-9(12)11-10(13)14-8;1-2/h3-6H,1-2H2,(H,11,12,13);1-2H3/b7-5+,8-6-;. The monoisotopic (exact) mass is 237 g/mol. The lowest BCUT2D eigenvalue weighted by Crippen LogP contribution is -2.17. The molecule has 1 aliphatic heterocycles. The molecule has 0 saturated carbocycles. The predicted molar refractivity (Wildman–Crippen MR) is 69.0 cm³/mol. The Balaban J connectivity index is 0.00000106. The molecule has 3 nitrogen and oxygen atoms in total. The van der Waals surface area contributed by atoms with Crippen LogP contribution in [0.15, 0.2) is 47.9 Å². The molecule has 1 rings (SSSR count). The van der Waals surface area contributed by atoms with E-state index < -0.39 is 0 Å². The maximum atomic E-state index is 11.1. The Labute approximate surface area is 100.0 Å². The molecule has 0 aromatic rings. The van der Waals surface area contributed by atoms with E-state index in [9.17, 15) is 9.59 Å². The molecule has 4 heteroatoms. The maximum Gasteiger partial charge on any atom is 0.290 e. The van der Waals surface area contributed by atoms with Crippen molar-refractivity contribution in [2.45, 2.75) is 13.8 Å². The van der Waals surface area contributed by atoms with Gasteiger partial charge in [0.1, 0.15) is 0 Å². The summed E-state index contributed by atoms with van der Waals surface area (Å²) in [5, 5.41) is 1.82. The summed E-state index contributed by atoms with van der Waals surface area (Å²) in [4.78, 5) is 22.3. The highest BCUT2D eigenvalue weighted by Crippen LogP contribution is 2.24. The summed E-state index contributed by atoms with van der Waals surface area (Å²) in [7, 11) is 0. The van der Waals surface area contributed by atoms with Crippen LogP contribution < -0.4 is 5.32 Å². The molecule has 1 fully saturated rings. The van der Waals surface area contributed by atoms with Gasteiger partial charge in [-0.15, -0.1) is 0 Å². The molecule has 0 aromatic heterocycles. The molecule has 16 heavy (non-hydrogen) atoms. The Morgan fingerprint density at radius 1 is 1.31 bits per heavy atom. The minimum Gasteiger partial charge on any atom is -0.282 e. The van der Waals surface area contributed by atoms with Crippen LogP contribution in [0.25, 0.3) is 0 Å². The first kappa shape index (κ1) is 14.5. The van der Waals surface area contributed by atoms with Crippen molar-refractivity contribution in [2.24, 2.45) is 0 Å². The summed E-state index contributed by atoms with van der Waals surface area (Å²) < 4.78 is 0. The summed E-state index contributed by atoms with van der Waals surface area (Å²) in [5.41, 5.74) is 0.743. The second-order valence-electron chi connectivity index (χ2n) is 2.46. The number of carbonyl (C=O) groups excluding carboxylic acids is 2. The van der Waals surface area contributed by atoms with Crippen LogP contribution >= 0.6 is 11.8 Å². The summed E-state index contributed by atoms with van der Waals surface area (Å²) in [6.07, 6.45) is 6.48. The predicted octanol–water partition coefficient (Wildman–Crippen LogP) is 3.18. The molecular weight excluding hydrogens is 222 g/mol. The van der Waals surface area contributed by atoms with E-state index >= 15 is 0 Å². The van der Waals surface area contributed by atoms with Crippen LogP contribution in [0, 0.1) is 0 Å². The van der Waals surface area contributed by atoms with E-state index in [1.54, 1.807) is 24.3 Å². The zero-order valence-electron chi connectivity index (χ0n) is 9.45. The summed E-state index contributed by atoms with van der Waals surface area (Å²) in [6.45, 7) is 11.1. The molecule has 2 amide bonds. The van der Waals surface area contributed by atoms with Crippen LogP contribution in [-0.2, 0) is 4.79 Å². The molecule has 0 bridgehead atoms. The van der Waals surface area contributed by atoms with E-state index in [1.165, 1.54) is 0 Å². The molecule has 1 heterocycles. The highest BCUT2D eigenvalue weighted by atomic mass is 32.2.